The summed E-state index contributed by atoms with van der Waals surface area (Å²) in [5, 5.41) is 4.38. The molecule has 0 radical (unpaired) electrons. The van der Waals surface area contributed by atoms with Gasteiger partial charge in [0.25, 0.3) is 0 Å². The molecule has 3 aromatic rings. The Labute approximate surface area is 193 Å². The fourth-order valence-corrected chi connectivity index (χ4v) is 4.96. The van der Waals surface area contributed by atoms with Crippen LogP contribution in [-0.4, -0.2) is 37.1 Å². The molecule has 0 bridgehead atoms. The van der Waals surface area contributed by atoms with Crippen molar-refractivity contribution in [3.63, 3.8) is 0 Å². The Morgan fingerprint density at radius 3 is 2.76 bits per heavy atom. The summed E-state index contributed by atoms with van der Waals surface area (Å²) < 4.78 is 15.7. The van der Waals surface area contributed by atoms with Gasteiger partial charge in [0.2, 0.25) is 5.91 Å². The standard InChI is InChI=1S/C25H29FN6O/c1-16-21-9-10-23(33)32(14-18-6-4-7-20(26)12-18)25(21)29-24(28-16)22-8-5-11-31(22)15-19-13-27-30(3)17(19)2/h4,6-7,12-13,22H,5,8-11,14-15H2,1-3H3/t22-/m0/s1. The van der Waals surface area contributed by atoms with E-state index in [1.807, 2.05) is 30.9 Å². The summed E-state index contributed by atoms with van der Waals surface area (Å²) in [5.74, 6) is 1.17. The summed E-state index contributed by atoms with van der Waals surface area (Å²) >= 11 is 0. The number of nitrogens with zero attached hydrogens (tertiary/aromatic N) is 6. The van der Waals surface area contributed by atoms with E-state index in [4.69, 9.17) is 9.97 Å². The third-order valence-electron chi connectivity index (χ3n) is 6.96. The Balaban J connectivity index is 1.47. The van der Waals surface area contributed by atoms with Crippen LogP contribution in [0.25, 0.3) is 0 Å². The fourth-order valence-electron chi connectivity index (χ4n) is 4.96. The number of amides is 1. The first-order valence-corrected chi connectivity index (χ1v) is 11.5. The Hall–Kier alpha value is -3.13. The zero-order valence-electron chi connectivity index (χ0n) is 19.4. The molecule has 2 aromatic heterocycles. The van der Waals surface area contributed by atoms with Crippen molar-refractivity contribution in [3.8, 4) is 0 Å². The molecule has 5 rings (SSSR count). The first-order chi connectivity index (χ1) is 15.9. The van der Waals surface area contributed by atoms with E-state index >= 15 is 0 Å². The number of rotatable bonds is 5. The second-order valence-corrected chi connectivity index (χ2v) is 9.09. The van der Waals surface area contributed by atoms with Crippen LogP contribution < -0.4 is 4.90 Å². The first-order valence-electron chi connectivity index (χ1n) is 11.5. The highest BCUT2D eigenvalue weighted by atomic mass is 19.1. The zero-order valence-corrected chi connectivity index (χ0v) is 19.4. The molecule has 1 fully saturated rings. The van der Waals surface area contributed by atoms with Gasteiger partial charge in [0.15, 0.2) is 0 Å². The van der Waals surface area contributed by atoms with Crippen molar-refractivity contribution in [1.29, 1.82) is 0 Å². The highest BCUT2D eigenvalue weighted by Crippen LogP contribution is 2.36. The SMILES string of the molecule is Cc1nc([C@@H]2CCCN2Cc2cnn(C)c2C)nc2c1CCC(=O)N2Cc1cccc(F)c1. The number of benzene rings is 1. The van der Waals surface area contributed by atoms with Crippen molar-refractivity contribution in [1.82, 2.24) is 24.6 Å². The number of hydrogen-bond acceptors (Lipinski definition) is 5. The average molecular weight is 449 g/mol. The minimum absolute atomic E-state index is 0.0186. The first kappa shape index (κ1) is 21.7. The summed E-state index contributed by atoms with van der Waals surface area (Å²) in [6, 6.07) is 6.51. The number of fused-ring (bicyclic) bond motifs is 1. The van der Waals surface area contributed by atoms with E-state index in [9.17, 15) is 9.18 Å². The molecule has 172 valence electrons. The molecule has 1 aromatic carbocycles. The number of aromatic nitrogens is 4. The largest absolute Gasteiger partial charge is 0.292 e. The molecule has 33 heavy (non-hydrogen) atoms. The number of carbonyl (C=O) groups is 1. The Morgan fingerprint density at radius 1 is 1.15 bits per heavy atom. The minimum Gasteiger partial charge on any atom is -0.292 e. The lowest BCUT2D eigenvalue weighted by Gasteiger charge is -2.31. The topological polar surface area (TPSA) is 67.2 Å². The molecule has 4 heterocycles. The van der Waals surface area contributed by atoms with Crippen LogP contribution in [0.1, 0.15) is 59.2 Å². The van der Waals surface area contributed by atoms with Crippen LogP contribution in [-0.2, 0) is 31.4 Å². The van der Waals surface area contributed by atoms with Gasteiger partial charge in [0, 0.05) is 42.5 Å². The Morgan fingerprint density at radius 2 is 2.00 bits per heavy atom. The molecule has 2 aliphatic heterocycles. The Kier molecular flexibility index (Phi) is 5.70. The molecule has 0 unspecified atom stereocenters. The van der Waals surface area contributed by atoms with E-state index in [0.29, 0.717) is 25.2 Å². The lowest BCUT2D eigenvalue weighted by atomic mass is 10.0. The summed E-state index contributed by atoms with van der Waals surface area (Å²) in [6.45, 7) is 6.18. The van der Waals surface area contributed by atoms with Crippen molar-refractivity contribution in [2.45, 2.75) is 58.7 Å². The molecule has 0 saturated carbocycles. The van der Waals surface area contributed by atoms with Gasteiger partial charge in [0.05, 0.1) is 18.8 Å². The smallest absolute Gasteiger partial charge is 0.228 e. The second kappa shape index (κ2) is 8.67. The lowest BCUT2D eigenvalue weighted by Crippen LogP contribution is -2.37. The van der Waals surface area contributed by atoms with E-state index in [2.05, 4.69) is 16.9 Å². The van der Waals surface area contributed by atoms with E-state index in [0.717, 1.165) is 54.3 Å². The molecule has 2 aliphatic rings. The maximum absolute atomic E-state index is 13.8. The summed E-state index contributed by atoms with van der Waals surface area (Å²) in [7, 11) is 1.96. The molecule has 0 N–H and O–H groups in total. The van der Waals surface area contributed by atoms with Gasteiger partial charge in [0.1, 0.15) is 17.5 Å². The van der Waals surface area contributed by atoms with Crippen molar-refractivity contribution in [2.75, 3.05) is 11.4 Å². The number of hydrogen-bond donors (Lipinski definition) is 0. The zero-order chi connectivity index (χ0) is 23.1. The molecule has 0 aliphatic carbocycles. The monoisotopic (exact) mass is 448 g/mol. The van der Waals surface area contributed by atoms with Gasteiger partial charge in [-0.25, -0.2) is 14.4 Å². The van der Waals surface area contributed by atoms with Crippen LogP contribution in [0.3, 0.4) is 0 Å². The van der Waals surface area contributed by atoms with E-state index in [1.54, 1.807) is 11.0 Å². The van der Waals surface area contributed by atoms with Crippen molar-refractivity contribution in [3.05, 3.63) is 70.2 Å². The average Bonchev–Trinajstić information content (AvgIpc) is 3.38. The number of likely N-dealkylation sites (tertiary alicyclic amines) is 1. The molecular weight excluding hydrogens is 419 g/mol. The number of aryl methyl sites for hydroxylation is 2. The number of anilines is 1. The molecule has 8 heteroatoms. The van der Waals surface area contributed by atoms with Gasteiger partial charge in [-0.05, 0) is 57.4 Å². The third-order valence-corrected chi connectivity index (χ3v) is 6.96. The maximum Gasteiger partial charge on any atom is 0.228 e. The molecule has 1 saturated heterocycles. The molecule has 1 atom stereocenters. The quantitative estimate of drug-likeness (QED) is 0.594. The molecule has 0 spiro atoms. The predicted octanol–water partition coefficient (Wildman–Crippen LogP) is 3.78. The highest BCUT2D eigenvalue weighted by Gasteiger charge is 2.33. The van der Waals surface area contributed by atoms with Gasteiger partial charge < -0.3 is 0 Å². The van der Waals surface area contributed by atoms with E-state index in [1.165, 1.54) is 17.7 Å². The predicted molar refractivity (Wildman–Crippen MR) is 123 cm³/mol. The van der Waals surface area contributed by atoms with Gasteiger partial charge in [-0.2, -0.15) is 5.10 Å². The van der Waals surface area contributed by atoms with Crippen LogP contribution in [0.4, 0.5) is 10.2 Å². The molecule has 7 nitrogen and oxygen atoms in total. The van der Waals surface area contributed by atoms with Gasteiger partial charge in [-0.1, -0.05) is 12.1 Å². The summed E-state index contributed by atoms with van der Waals surface area (Å²) in [4.78, 5) is 26.9. The molecular formula is C25H29FN6O. The third kappa shape index (κ3) is 4.15. The highest BCUT2D eigenvalue weighted by molar-refractivity contribution is 5.95. The van der Waals surface area contributed by atoms with Crippen LogP contribution >= 0.6 is 0 Å². The maximum atomic E-state index is 13.8. The van der Waals surface area contributed by atoms with Crippen molar-refractivity contribution in [2.24, 2.45) is 7.05 Å². The fraction of sp³-hybridized carbons (Fsp3) is 0.440. The van der Waals surface area contributed by atoms with Crippen molar-refractivity contribution < 1.29 is 9.18 Å². The van der Waals surface area contributed by atoms with Gasteiger partial charge in [-0.15, -0.1) is 0 Å². The van der Waals surface area contributed by atoms with E-state index < -0.39 is 0 Å². The lowest BCUT2D eigenvalue weighted by molar-refractivity contribution is -0.119. The van der Waals surface area contributed by atoms with Crippen LogP contribution in [0.5, 0.6) is 0 Å². The van der Waals surface area contributed by atoms with Crippen LogP contribution in [0, 0.1) is 19.7 Å². The molecule has 1 amide bonds. The summed E-state index contributed by atoms with van der Waals surface area (Å²) in [5.41, 5.74) is 5.07. The second-order valence-electron chi connectivity index (χ2n) is 9.09. The van der Waals surface area contributed by atoms with Crippen LogP contribution in [0.2, 0.25) is 0 Å². The minimum atomic E-state index is -0.302. The normalized spacial score (nSPS) is 18.7. The van der Waals surface area contributed by atoms with E-state index in [-0.39, 0.29) is 17.8 Å². The number of carbonyl (C=O) groups excluding carboxylic acids is 1. The number of halogens is 1. The Bertz CT molecular complexity index is 1210. The van der Waals surface area contributed by atoms with Gasteiger partial charge >= 0.3 is 0 Å². The van der Waals surface area contributed by atoms with Crippen LogP contribution in [0.15, 0.2) is 30.5 Å². The van der Waals surface area contributed by atoms with Crippen molar-refractivity contribution >= 4 is 11.7 Å². The summed E-state index contributed by atoms with van der Waals surface area (Å²) in [6.07, 6.45) is 5.05. The van der Waals surface area contributed by atoms with Gasteiger partial charge in [-0.3, -0.25) is 19.3 Å².